The Morgan fingerprint density at radius 2 is 2.16 bits per heavy atom. The zero-order valence-corrected chi connectivity index (χ0v) is 12.1. The van der Waals surface area contributed by atoms with Gasteiger partial charge in [-0.05, 0) is 12.5 Å². The number of hydrogen-bond acceptors (Lipinski definition) is 3. The molecule has 102 valence electrons. The van der Waals surface area contributed by atoms with Crippen molar-refractivity contribution in [2.24, 2.45) is 0 Å². The van der Waals surface area contributed by atoms with Crippen LogP contribution < -0.4 is 0 Å². The highest BCUT2D eigenvalue weighted by Crippen LogP contribution is 2.33. The van der Waals surface area contributed by atoms with Crippen LogP contribution in [0.2, 0.25) is 0 Å². The first-order chi connectivity index (χ1) is 9.13. The first-order valence-corrected chi connectivity index (χ1v) is 7.44. The van der Waals surface area contributed by atoms with Gasteiger partial charge in [0.1, 0.15) is 5.44 Å². The molecule has 0 fully saturated rings. The Balaban J connectivity index is 2.40. The van der Waals surface area contributed by atoms with E-state index >= 15 is 0 Å². The van der Waals surface area contributed by atoms with Crippen molar-refractivity contribution in [3.05, 3.63) is 36.0 Å². The number of hydrogen-bond donors (Lipinski definition) is 1. The molecule has 0 saturated carbocycles. The number of aliphatic hydroxyl groups is 1. The maximum atomic E-state index is 11.1. The highest BCUT2D eigenvalue weighted by atomic mass is 32.2. The summed E-state index contributed by atoms with van der Waals surface area (Å²) in [7, 11) is 0. The van der Waals surface area contributed by atoms with Crippen molar-refractivity contribution < 1.29 is 9.90 Å². The molecule has 0 saturated heterocycles. The summed E-state index contributed by atoms with van der Waals surface area (Å²) in [5, 5.41) is 11.1. The number of fused-ring (bicyclic) bond motifs is 1. The lowest BCUT2D eigenvalue weighted by atomic mass is 10.2. The Labute approximate surface area is 117 Å². The van der Waals surface area contributed by atoms with Gasteiger partial charge in [-0.3, -0.25) is 4.79 Å². The fourth-order valence-electron chi connectivity index (χ4n) is 2.21. The summed E-state index contributed by atoms with van der Waals surface area (Å²) >= 11 is 0.963. The van der Waals surface area contributed by atoms with Crippen LogP contribution in [0.5, 0.6) is 0 Å². The summed E-state index contributed by atoms with van der Waals surface area (Å²) in [6.07, 6.45) is 4.21. The average molecular weight is 277 g/mol. The molecule has 4 heteroatoms. The summed E-state index contributed by atoms with van der Waals surface area (Å²) in [4.78, 5) is 11.1. The van der Waals surface area contributed by atoms with Gasteiger partial charge in [0, 0.05) is 36.1 Å². The minimum Gasteiger partial charge on any atom is -0.377 e. The van der Waals surface area contributed by atoms with Crippen LogP contribution in [0.15, 0.2) is 30.5 Å². The Hall–Kier alpha value is -1.26. The van der Waals surface area contributed by atoms with Crippen LogP contribution in [0.3, 0.4) is 0 Å². The lowest BCUT2D eigenvalue weighted by Gasteiger charge is -2.06. The molecule has 0 spiro atoms. The molecule has 0 radical (unpaired) electrons. The third-order valence-electron chi connectivity index (χ3n) is 3.12. The van der Waals surface area contributed by atoms with Crippen LogP contribution in [0.4, 0.5) is 0 Å². The molecule has 2 rings (SSSR count). The van der Waals surface area contributed by atoms with E-state index in [1.165, 1.54) is 6.92 Å². The van der Waals surface area contributed by atoms with Crippen LogP contribution in [0.25, 0.3) is 10.9 Å². The number of aromatic nitrogens is 1. The number of nitrogens with zero attached hydrogens (tertiary/aromatic N) is 1. The SMILES string of the molecule is CCCCn1cc(C(O)SC(C)=O)c2ccccc21. The van der Waals surface area contributed by atoms with Gasteiger partial charge in [-0.1, -0.05) is 43.3 Å². The summed E-state index contributed by atoms with van der Waals surface area (Å²) in [6, 6.07) is 8.01. The molecule has 3 nitrogen and oxygen atoms in total. The second-order valence-corrected chi connectivity index (χ2v) is 5.87. The van der Waals surface area contributed by atoms with Crippen molar-refractivity contribution in [2.45, 2.75) is 38.7 Å². The Kier molecular flexibility index (Phi) is 4.66. The third kappa shape index (κ3) is 3.19. The minimum absolute atomic E-state index is 0.0714. The fraction of sp³-hybridized carbons (Fsp3) is 0.400. The molecule has 1 aromatic heterocycles. The van der Waals surface area contributed by atoms with Crippen molar-refractivity contribution in [2.75, 3.05) is 0 Å². The van der Waals surface area contributed by atoms with Gasteiger partial charge < -0.3 is 9.67 Å². The molecule has 1 unspecified atom stereocenters. The molecule has 1 aromatic carbocycles. The predicted molar refractivity (Wildman–Crippen MR) is 80.1 cm³/mol. The molecule has 0 bridgehead atoms. The summed E-state index contributed by atoms with van der Waals surface area (Å²) in [6.45, 7) is 4.58. The summed E-state index contributed by atoms with van der Waals surface area (Å²) in [5.74, 6) is 0. The Morgan fingerprint density at radius 1 is 1.42 bits per heavy atom. The molecule has 0 aliphatic rings. The van der Waals surface area contributed by atoms with E-state index in [-0.39, 0.29) is 5.12 Å². The number of rotatable bonds is 5. The van der Waals surface area contributed by atoms with Crippen LogP contribution in [-0.2, 0) is 11.3 Å². The van der Waals surface area contributed by atoms with Gasteiger partial charge in [-0.2, -0.15) is 0 Å². The van der Waals surface area contributed by atoms with E-state index < -0.39 is 5.44 Å². The van der Waals surface area contributed by atoms with E-state index in [9.17, 15) is 9.90 Å². The molecule has 1 atom stereocenters. The number of unbranched alkanes of at least 4 members (excludes halogenated alkanes) is 1. The zero-order chi connectivity index (χ0) is 13.8. The van der Waals surface area contributed by atoms with Crippen molar-refractivity contribution >= 4 is 27.8 Å². The predicted octanol–water partition coefficient (Wildman–Crippen LogP) is 3.71. The van der Waals surface area contributed by atoms with E-state index in [1.54, 1.807) is 0 Å². The van der Waals surface area contributed by atoms with Crippen LogP contribution in [0, 0.1) is 0 Å². The van der Waals surface area contributed by atoms with Gasteiger partial charge in [0.2, 0.25) is 0 Å². The molecule has 0 amide bonds. The molecule has 2 aromatic rings. The zero-order valence-electron chi connectivity index (χ0n) is 11.3. The van der Waals surface area contributed by atoms with E-state index in [4.69, 9.17) is 0 Å². The van der Waals surface area contributed by atoms with Crippen molar-refractivity contribution in [3.63, 3.8) is 0 Å². The largest absolute Gasteiger partial charge is 0.377 e. The van der Waals surface area contributed by atoms with Crippen LogP contribution >= 0.6 is 11.8 Å². The normalized spacial score (nSPS) is 12.8. The van der Waals surface area contributed by atoms with Crippen molar-refractivity contribution in [1.82, 2.24) is 4.57 Å². The molecule has 0 aliphatic heterocycles. The second-order valence-electron chi connectivity index (χ2n) is 4.61. The average Bonchev–Trinajstić information content (AvgIpc) is 2.74. The number of carbonyl (C=O) groups is 1. The molecular formula is C15H19NO2S. The fourth-order valence-corrected chi connectivity index (χ4v) is 2.84. The lowest BCUT2D eigenvalue weighted by Crippen LogP contribution is -1.96. The van der Waals surface area contributed by atoms with Crippen molar-refractivity contribution in [1.29, 1.82) is 0 Å². The van der Waals surface area contributed by atoms with E-state index in [0.29, 0.717) is 0 Å². The number of benzene rings is 1. The van der Waals surface area contributed by atoms with Gasteiger partial charge in [0.25, 0.3) is 0 Å². The monoisotopic (exact) mass is 277 g/mol. The summed E-state index contributed by atoms with van der Waals surface area (Å²) in [5.41, 5.74) is 1.16. The quantitative estimate of drug-likeness (QED) is 0.847. The summed E-state index contributed by atoms with van der Waals surface area (Å²) < 4.78 is 2.16. The van der Waals surface area contributed by atoms with Crippen LogP contribution in [0.1, 0.15) is 37.7 Å². The number of para-hydroxylation sites is 1. The first kappa shape index (κ1) is 14.2. The highest BCUT2D eigenvalue weighted by Gasteiger charge is 2.17. The maximum absolute atomic E-state index is 11.1. The standard InChI is InChI=1S/C15H19NO2S/c1-3-4-9-16-10-13(15(18)19-11(2)17)12-7-5-6-8-14(12)16/h5-8,10,15,18H,3-4,9H2,1-2H3. The number of thioether (sulfide) groups is 1. The topological polar surface area (TPSA) is 42.2 Å². The molecule has 1 N–H and O–H groups in total. The van der Waals surface area contributed by atoms with Crippen LogP contribution in [-0.4, -0.2) is 14.8 Å². The van der Waals surface area contributed by atoms with Gasteiger partial charge in [-0.15, -0.1) is 0 Å². The Bertz CT molecular complexity index is 577. The molecule has 0 aliphatic carbocycles. The number of aliphatic hydroxyl groups excluding tert-OH is 1. The number of aryl methyl sites for hydroxylation is 1. The minimum atomic E-state index is -0.787. The van der Waals surface area contributed by atoms with Crippen molar-refractivity contribution in [3.8, 4) is 0 Å². The lowest BCUT2D eigenvalue weighted by molar-refractivity contribution is -0.109. The van der Waals surface area contributed by atoms with Gasteiger partial charge in [-0.25, -0.2) is 0 Å². The Morgan fingerprint density at radius 3 is 2.84 bits per heavy atom. The number of carbonyl (C=O) groups excluding carboxylic acids is 1. The molecule has 1 heterocycles. The van der Waals surface area contributed by atoms with E-state index in [0.717, 1.165) is 47.6 Å². The maximum Gasteiger partial charge on any atom is 0.188 e. The molecule has 19 heavy (non-hydrogen) atoms. The highest BCUT2D eigenvalue weighted by molar-refractivity contribution is 8.13. The van der Waals surface area contributed by atoms with Gasteiger partial charge >= 0.3 is 0 Å². The molecular weight excluding hydrogens is 258 g/mol. The van der Waals surface area contributed by atoms with E-state index in [1.807, 2.05) is 24.4 Å². The first-order valence-electron chi connectivity index (χ1n) is 6.56. The van der Waals surface area contributed by atoms with Gasteiger partial charge in [0.05, 0.1) is 0 Å². The third-order valence-corrected chi connectivity index (χ3v) is 3.92. The van der Waals surface area contributed by atoms with Gasteiger partial charge in [0.15, 0.2) is 5.12 Å². The van der Waals surface area contributed by atoms with E-state index in [2.05, 4.69) is 17.6 Å². The second kappa shape index (κ2) is 6.26. The smallest absolute Gasteiger partial charge is 0.188 e.